The highest BCUT2D eigenvalue weighted by Gasteiger charge is 2.32. The number of rotatable bonds is 2. The summed E-state index contributed by atoms with van der Waals surface area (Å²) in [4.78, 5) is 20.8. The quantitative estimate of drug-likeness (QED) is 0.900. The van der Waals surface area contributed by atoms with Crippen LogP contribution in [-0.2, 0) is 0 Å². The van der Waals surface area contributed by atoms with E-state index in [0.717, 1.165) is 19.5 Å². The molecule has 1 atom stereocenters. The Morgan fingerprint density at radius 3 is 2.80 bits per heavy atom. The van der Waals surface area contributed by atoms with Gasteiger partial charge in [0.05, 0.1) is 10.6 Å². The number of nitrogens with two attached hydrogens (primary N) is 1. The number of aromatic nitrogens is 1. The van der Waals surface area contributed by atoms with Gasteiger partial charge in [-0.2, -0.15) is 0 Å². The number of nitrogen functional groups attached to an aromatic ring is 1. The second kappa shape index (κ2) is 5.58. The Balaban J connectivity index is 1.67. The fourth-order valence-electron chi connectivity index (χ4n) is 3.08. The second-order valence-electron chi connectivity index (χ2n) is 5.53. The van der Waals surface area contributed by atoms with Gasteiger partial charge in [0.1, 0.15) is 5.82 Å². The van der Waals surface area contributed by atoms with Crippen molar-refractivity contribution < 1.29 is 4.79 Å². The van der Waals surface area contributed by atoms with E-state index < -0.39 is 0 Å². The van der Waals surface area contributed by atoms with Crippen molar-refractivity contribution in [2.24, 2.45) is 0 Å². The number of amides is 1. The molecule has 6 heteroatoms. The van der Waals surface area contributed by atoms with Gasteiger partial charge in [-0.05, 0) is 38.4 Å². The lowest BCUT2D eigenvalue weighted by Gasteiger charge is -2.23. The summed E-state index contributed by atoms with van der Waals surface area (Å²) in [7, 11) is 0. The third kappa shape index (κ3) is 2.60. The van der Waals surface area contributed by atoms with Crippen LogP contribution in [0.5, 0.6) is 0 Å². The van der Waals surface area contributed by atoms with Crippen LogP contribution in [0.3, 0.4) is 0 Å². The van der Waals surface area contributed by atoms with Gasteiger partial charge in [-0.1, -0.05) is 11.6 Å². The fraction of sp³-hybridized carbons (Fsp3) is 0.571. The Morgan fingerprint density at radius 2 is 2.10 bits per heavy atom. The molecule has 108 valence electrons. The van der Waals surface area contributed by atoms with E-state index in [1.165, 1.54) is 32.1 Å². The topological polar surface area (TPSA) is 62.5 Å². The number of hydrogen-bond acceptors (Lipinski definition) is 4. The lowest BCUT2D eigenvalue weighted by Crippen LogP contribution is -2.37. The molecular formula is C14H19ClN4O. The first kappa shape index (κ1) is 13.6. The standard InChI is InChI=1S/C14H19ClN4O/c15-12-7-10(8-17-13(12)16)14(20)19-6-3-11(9-19)18-4-1-2-5-18/h7-8,11H,1-6,9H2,(H2,16,17). The zero-order chi connectivity index (χ0) is 14.1. The lowest BCUT2D eigenvalue weighted by atomic mass is 10.2. The minimum absolute atomic E-state index is 0.00102. The van der Waals surface area contributed by atoms with E-state index in [4.69, 9.17) is 17.3 Å². The predicted molar refractivity (Wildman–Crippen MR) is 78.8 cm³/mol. The average molecular weight is 295 g/mol. The van der Waals surface area contributed by atoms with Crippen LogP contribution in [0.1, 0.15) is 29.6 Å². The van der Waals surface area contributed by atoms with Crippen LogP contribution in [0.15, 0.2) is 12.3 Å². The number of likely N-dealkylation sites (tertiary alicyclic amines) is 2. The Bertz CT molecular complexity index is 516. The molecule has 1 unspecified atom stereocenters. The zero-order valence-corrected chi connectivity index (χ0v) is 12.1. The molecule has 1 aromatic heterocycles. The molecule has 20 heavy (non-hydrogen) atoms. The van der Waals surface area contributed by atoms with E-state index in [0.29, 0.717) is 16.6 Å². The van der Waals surface area contributed by atoms with Crippen molar-refractivity contribution in [1.82, 2.24) is 14.8 Å². The molecule has 5 nitrogen and oxygen atoms in total. The summed E-state index contributed by atoms with van der Waals surface area (Å²) in [5.74, 6) is 0.265. The molecule has 0 bridgehead atoms. The van der Waals surface area contributed by atoms with Crippen molar-refractivity contribution in [1.29, 1.82) is 0 Å². The highest BCUT2D eigenvalue weighted by Crippen LogP contribution is 2.23. The van der Waals surface area contributed by atoms with Gasteiger partial charge in [0.25, 0.3) is 5.91 Å². The number of halogens is 1. The zero-order valence-electron chi connectivity index (χ0n) is 11.4. The third-order valence-electron chi connectivity index (χ3n) is 4.22. The van der Waals surface area contributed by atoms with Crippen LogP contribution < -0.4 is 5.73 Å². The summed E-state index contributed by atoms with van der Waals surface area (Å²) >= 11 is 5.93. The molecule has 3 rings (SSSR count). The van der Waals surface area contributed by atoms with E-state index in [1.54, 1.807) is 6.07 Å². The first-order valence-corrected chi connectivity index (χ1v) is 7.47. The van der Waals surface area contributed by atoms with E-state index in [1.807, 2.05) is 4.90 Å². The van der Waals surface area contributed by atoms with Gasteiger partial charge >= 0.3 is 0 Å². The van der Waals surface area contributed by atoms with Crippen molar-refractivity contribution >= 4 is 23.3 Å². The smallest absolute Gasteiger partial charge is 0.255 e. The largest absolute Gasteiger partial charge is 0.382 e. The van der Waals surface area contributed by atoms with Crippen LogP contribution in [0.4, 0.5) is 5.82 Å². The van der Waals surface area contributed by atoms with E-state index in [-0.39, 0.29) is 11.7 Å². The van der Waals surface area contributed by atoms with Gasteiger partial charge in [-0.25, -0.2) is 4.98 Å². The normalized spacial score (nSPS) is 23.4. The number of pyridine rings is 1. The minimum Gasteiger partial charge on any atom is -0.382 e. The fourth-order valence-corrected chi connectivity index (χ4v) is 3.25. The average Bonchev–Trinajstić information content (AvgIpc) is 3.11. The molecule has 0 aliphatic carbocycles. The maximum Gasteiger partial charge on any atom is 0.255 e. The molecule has 0 radical (unpaired) electrons. The third-order valence-corrected chi connectivity index (χ3v) is 4.53. The Labute approximate surface area is 123 Å². The molecule has 0 spiro atoms. The van der Waals surface area contributed by atoms with Crippen LogP contribution in [0.2, 0.25) is 5.02 Å². The van der Waals surface area contributed by atoms with Crippen molar-refractivity contribution in [3.05, 3.63) is 22.8 Å². The monoisotopic (exact) mass is 294 g/mol. The van der Waals surface area contributed by atoms with Crippen LogP contribution >= 0.6 is 11.6 Å². The molecule has 2 aliphatic rings. The van der Waals surface area contributed by atoms with Crippen LogP contribution in [-0.4, -0.2) is 52.9 Å². The number of nitrogens with zero attached hydrogens (tertiary/aromatic N) is 3. The molecule has 2 aliphatic heterocycles. The van der Waals surface area contributed by atoms with Gasteiger partial charge < -0.3 is 10.6 Å². The van der Waals surface area contributed by atoms with E-state index >= 15 is 0 Å². The van der Waals surface area contributed by atoms with Crippen LogP contribution in [0.25, 0.3) is 0 Å². The summed E-state index contributed by atoms with van der Waals surface area (Å²) in [5, 5.41) is 0.339. The first-order chi connectivity index (χ1) is 9.65. The minimum atomic E-state index is 0.00102. The maximum atomic E-state index is 12.4. The van der Waals surface area contributed by atoms with Gasteiger partial charge in [-0.3, -0.25) is 9.69 Å². The highest BCUT2D eigenvalue weighted by atomic mass is 35.5. The molecule has 3 heterocycles. The summed E-state index contributed by atoms with van der Waals surface area (Å²) in [6.45, 7) is 3.95. The molecule has 2 saturated heterocycles. The van der Waals surface area contributed by atoms with Crippen molar-refractivity contribution in [3.63, 3.8) is 0 Å². The molecule has 0 saturated carbocycles. The molecule has 2 N–H and O–H groups in total. The SMILES string of the molecule is Nc1ncc(C(=O)N2CCC(N3CCCC3)C2)cc1Cl. The maximum absolute atomic E-state index is 12.4. The van der Waals surface area contributed by atoms with Crippen LogP contribution in [0, 0.1) is 0 Å². The number of carbonyl (C=O) groups is 1. The van der Waals surface area contributed by atoms with Crippen molar-refractivity contribution in [3.8, 4) is 0 Å². The second-order valence-corrected chi connectivity index (χ2v) is 5.93. The summed E-state index contributed by atoms with van der Waals surface area (Å²) in [6, 6.07) is 2.12. The number of carbonyl (C=O) groups excluding carboxylic acids is 1. The Hall–Kier alpha value is -1.33. The van der Waals surface area contributed by atoms with Gasteiger partial charge in [-0.15, -0.1) is 0 Å². The lowest BCUT2D eigenvalue weighted by molar-refractivity contribution is 0.0779. The highest BCUT2D eigenvalue weighted by molar-refractivity contribution is 6.33. The summed E-state index contributed by atoms with van der Waals surface area (Å²) in [5.41, 5.74) is 6.09. The van der Waals surface area contributed by atoms with Crippen molar-refractivity contribution in [2.75, 3.05) is 31.9 Å². The Morgan fingerprint density at radius 1 is 1.35 bits per heavy atom. The first-order valence-electron chi connectivity index (χ1n) is 7.09. The summed E-state index contributed by atoms with van der Waals surface area (Å²) < 4.78 is 0. The predicted octanol–water partition coefficient (Wildman–Crippen LogP) is 1.63. The van der Waals surface area contributed by atoms with E-state index in [2.05, 4.69) is 9.88 Å². The molecule has 2 fully saturated rings. The molecule has 1 aromatic rings. The molecular weight excluding hydrogens is 276 g/mol. The van der Waals surface area contributed by atoms with Gasteiger partial charge in [0.15, 0.2) is 0 Å². The van der Waals surface area contributed by atoms with Gasteiger partial charge in [0.2, 0.25) is 0 Å². The van der Waals surface area contributed by atoms with Crippen molar-refractivity contribution in [2.45, 2.75) is 25.3 Å². The Kier molecular flexibility index (Phi) is 3.81. The number of hydrogen-bond donors (Lipinski definition) is 1. The molecule has 1 amide bonds. The number of anilines is 1. The molecule has 0 aromatic carbocycles. The van der Waals surface area contributed by atoms with E-state index in [9.17, 15) is 4.79 Å². The summed E-state index contributed by atoms with van der Waals surface area (Å²) in [6.07, 6.45) is 5.12. The van der Waals surface area contributed by atoms with Gasteiger partial charge in [0, 0.05) is 25.3 Å².